The summed E-state index contributed by atoms with van der Waals surface area (Å²) in [5.41, 5.74) is 1.19. The van der Waals surface area contributed by atoms with E-state index < -0.39 is 0 Å². The van der Waals surface area contributed by atoms with Crippen molar-refractivity contribution in [3.63, 3.8) is 0 Å². The molecule has 0 radical (unpaired) electrons. The average molecular weight is 292 g/mol. The van der Waals surface area contributed by atoms with Crippen molar-refractivity contribution in [2.75, 3.05) is 0 Å². The van der Waals surface area contributed by atoms with Crippen LogP contribution in [0.1, 0.15) is 5.56 Å². The van der Waals surface area contributed by atoms with Gasteiger partial charge in [-0.25, -0.2) is 0 Å². The Morgan fingerprint density at radius 2 is 1.43 bits per heavy atom. The van der Waals surface area contributed by atoms with Crippen LogP contribution in [0.15, 0.2) is 88.7 Å². The predicted molar refractivity (Wildman–Crippen MR) is 88.3 cm³/mol. The van der Waals surface area contributed by atoms with Crippen LogP contribution in [0, 0.1) is 6.92 Å². The lowest BCUT2D eigenvalue weighted by Gasteiger charge is -2.12. The van der Waals surface area contributed by atoms with Crippen molar-refractivity contribution in [2.24, 2.45) is 0 Å². The van der Waals surface area contributed by atoms with Crippen LogP contribution in [-0.4, -0.2) is 0 Å². The van der Waals surface area contributed by atoms with Crippen molar-refractivity contribution in [3.05, 3.63) is 84.4 Å². The highest BCUT2D eigenvalue weighted by molar-refractivity contribution is 7.99. The number of hydrogen-bond donors (Lipinski definition) is 0. The molecule has 3 aromatic rings. The zero-order valence-corrected chi connectivity index (χ0v) is 12.6. The highest BCUT2D eigenvalue weighted by Gasteiger charge is 2.07. The van der Waals surface area contributed by atoms with Gasteiger partial charge in [-0.05, 0) is 48.9 Å². The van der Waals surface area contributed by atoms with Gasteiger partial charge in [0, 0.05) is 4.90 Å². The number of ether oxygens (including phenoxy) is 1. The molecule has 104 valence electrons. The third-order valence-electron chi connectivity index (χ3n) is 3.04. The number of para-hydroxylation sites is 1. The van der Waals surface area contributed by atoms with Crippen molar-refractivity contribution >= 4 is 11.8 Å². The Bertz CT molecular complexity index is 708. The van der Waals surface area contributed by atoms with E-state index >= 15 is 0 Å². The van der Waals surface area contributed by atoms with E-state index in [0.29, 0.717) is 0 Å². The quantitative estimate of drug-likeness (QED) is 0.588. The van der Waals surface area contributed by atoms with Crippen LogP contribution in [0.4, 0.5) is 0 Å². The number of hydrogen-bond acceptors (Lipinski definition) is 2. The van der Waals surface area contributed by atoms with Crippen molar-refractivity contribution in [3.8, 4) is 11.5 Å². The van der Waals surface area contributed by atoms with Gasteiger partial charge in [-0.3, -0.25) is 0 Å². The fraction of sp³-hybridized carbons (Fsp3) is 0.0526. The monoisotopic (exact) mass is 292 g/mol. The summed E-state index contributed by atoms with van der Waals surface area (Å²) in [7, 11) is 0. The van der Waals surface area contributed by atoms with Gasteiger partial charge < -0.3 is 4.74 Å². The number of benzene rings is 3. The standard InChI is InChI=1S/C19H16OS/c1-15-12-13-19(21-17-10-6-3-7-11-17)18(14-15)20-16-8-4-2-5-9-16/h2-14H,1H3. The molecule has 0 aliphatic carbocycles. The van der Waals surface area contributed by atoms with Gasteiger partial charge in [0.1, 0.15) is 11.5 Å². The minimum atomic E-state index is 0.859. The molecule has 0 bridgehead atoms. The Hall–Kier alpha value is -2.19. The Morgan fingerprint density at radius 1 is 0.762 bits per heavy atom. The molecule has 1 nitrogen and oxygen atoms in total. The summed E-state index contributed by atoms with van der Waals surface area (Å²) in [5.74, 6) is 1.76. The van der Waals surface area contributed by atoms with Gasteiger partial charge in [-0.1, -0.05) is 54.2 Å². The molecule has 0 aliphatic heterocycles. The fourth-order valence-electron chi connectivity index (χ4n) is 2.01. The Morgan fingerprint density at radius 3 is 2.14 bits per heavy atom. The zero-order valence-electron chi connectivity index (χ0n) is 11.8. The van der Waals surface area contributed by atoms with Gasteiger partial charge in [-0.15, -0.1) is 0 Å². The van der Waals surface area contributed by atoms with Crippen molar-refractivity contribution in [1.82, 2.24) is 0 Å². The highest BCUT2D eigenvalue weighted by Crippen LogP contribution is 2.37. The van der Waals surface area contributed by atoms with E-state index in [-0.39, 0.29) is 0 Å². The molecule has 0 spiro atoms. The normalized spacial score (nSPS) is 10.3. The van der Waals surface area contributed by atoms with Crippen LogP contribution in [-0.2, 0) is 0 Å². The molecule has 0 saturated heterocycles. The van der Waals surface area contributed by atoms with E-state index in [2.05, 4.69) is 37.3 Å². The molecule has 0 N–H and O–H groups in total. The largest absolute Gasteiger partial charge is 0.456 e. The minimum Gasteiger partial charge on any atom is -0.456 e. The molecule has 0 saturated carbocycles. The van der Waals surface area contributed by atoms with Gasteiger partial charge in [0.25, 0.3) is 0 Å². The summed E-state index contributed by atoms with van der Waals surface area (Å²) < 4.78 is 6.04. The fourth-order valence-corrected chi connectivity index (χ4v) is 2.89. The first-order valence-electron chi connectivity index (χ1n) is 6.88. The average Bonchev–Trinajstić information content (AvgIpc) is 2.52. The molecule has 0 unspecified atom stereocenters. The first-order valence-corrected chi connectivity index (χ1v) is 7.69. The third-order valence-corrected chi connectivity index (χ3v) is 4.11. The summed E-state index contributed by atoms with van der Waals surface area (Å²) in [6.07, 6.45) is 0. The summed E-state index contributed by atoms with van der Waals surface area (Å²) in [4.78, 5) is 2.33. The van der Waals surface area contributed by atoms with Gasteiger partial charge in [0.15, 0.2) is 0 Å². The second kappa shape index (κ2) is 6.51. The molecule has 2 heteroatoms. The number of rotatable bonds is 4. The maximum atomic E-state index is 6.04. The molecular formula is C19H16OS. The molecule has 0 fully saturated rings. The van der Waals surface area contributed by atoms with Crippen molar-refractivity contribution < 1.29 is 4.74 Å². The molecule has 0 heterocycles. The first-order chi connectivity index (χ1) is 10.3. The number of aryl methyl sites for hydroxylation is 1. The Labute approximate surface area is 129 Å². The van der Waals surface area contributed by atoms with E-state index in [1.165, 1.54) is 10.5 Å². The van der Waals surface area contributed by atoms with E-state index in [1.54, 1.807) is 11.8 Å². The molecular weight excluding hydrogens is 276 g/mol. The minimum absolute atomic E-state index is 0.859. The third kappa shape index (κ3) is 3.67. The highest BCUT2D eigenvalue weighted by atomic mass is 32.2. The molecule has 0 aliphatic rings. The van der Waals surface area contributed by atoms with Crippen LogP contribution in [0.5, 0.6) is 11.5 Å². The second-order valence-corrected chi connectivity index (χ2v) is 5.90. The maximum absolute atomic E-state index is 6.04. The molecule has 3 aromatic carbocycles. The zero-order chi connectivity index (χ0) is 14.5. The predicted octanol–water partition coefficient (Wildman–Crippen LogP) is 5.94. The molecule has 21 heavy (non-hydrogen) atoms. The lowest BCUT2D eigenvalue weighted by atomic mass is 10.2. The molecule has 3 rings (SSSR count). The Kier molecular flexibility index (Phi) is 4.27. The summed E-state index contributed by atoms with van der Waals surface area (Å²) in [6.45, 7) is 2.08. The van der Waals surface area contributed by atoms with Crippen LogP contribution in [0.3, 0.4) is 0 Å². The first kappa shape index (κ1) is 13.8. The van der Waals surface area contributed by atoms with E-state index in [4.69, 9.17) is 4.74 Å². The van der Waals surface area contributed by atoms with Crippen LogP contribution < -0.4 is 4.74 Å². The molecule has 0 atom stereocenters. The van der Waals surface area contributed by atoms with Crippen LogP contribution >= 0.6 is 11.8 Å². The summed E-state index contributed by atoms with van der Waals surface area (Å²) in [5, 5.41) is 0. The topological polar surface area (TPSA) is 9.23 Å². The summed E-state index contributed by atoms with van der Waals surface area (Å²) in [6, 6.07) is 26.6. The van der Waals surface area contributed by atoms with Gasteiger partial charge in [0.2, 0.25) is 0 Å². The molecule has 0 amide bonds. The second-order valence-electron chi connectivity index (χ2n) is 4.78. The lowest BCUT2D eigenvalue weighted by molar-refractivity contribution is 0.470. The lowest BCUT2D eigenvalue weighted by Crippen LogP contribution is -1.88. The van der Waals surface area contributed by atoms with E-state index in [0.717, 1.165) is 16.4 Å². The van der Waals surface area contributed by atoms with Gasteiger partial charge >= 0.3 is 0 Å². The van der Waals surface area contributed by atoms with Crippen molar-refractivity contribution in [1.29, 1.82) is 0 Å². The van der Waals surface area contributed by atoms with E-state index in [9.17, 15) is 0 Å². The molecule has 0 aromatic heterocycles. The SMILES string of the molecule is Cc1ccc(Sc2ccccc2)c(Oc2ccccc2)c1. The van der Waals surface area contributed by atoms with Crippen LogP contribution in [0.25, 0.3) is 0 Å². The van der Waals surface area contributed by atoms with Gasteiger partial charge in [-0.2, -0.15) is 0 Å². The smallest absolute Gasteiger partial charge is 0.141 e. The maximum Gasteiger partial charge on any atom is 0.141 e. The van der Waals surface area contributed by atoms with Crippen LogP contribution in [0.2, 0.25) is 0 Å². The Balaban J connectivity index is 1.90. The van der Waals surface area contributed by atoms with Gasteiger partial charge in [0.05, 0.1) is 4.90 Å². The summed E-state index contributed by atoms with van der Waals surface area (Å²) >= 11 is 1.72. The van der Waals surface area contributed by atoms with E-state index in [1.807, 2.05) is 48.5 Å². The van der Waals surface area contributed by atoms with Crippen molar-refractivity contribution in [2.45, 2.75) is 16.7 Å².